The molecule has 0 aliphatic rings. The lowest BCUT2D eigenvalue weighted by Gasteiger charge is -2.08. The van der Waals surface area contributed by atoms with Crippen LogP contribution in [0.1, 0.15) is 27.4 Å². The molecule has 0 fully saturated rings. The Hall–Kier alpha value is -2.05. The molecule has 0 unspecified atom stereocenters. The molecule has 0 saturated carbocycles. The highest BCUT2D eigenvalue weighted by molar-refractivity contribution is 7.14. The van der Waals surface area contributed by atoms with Crippen molar-refractivity contribution in [2.24, 2.45) is 5.73 Å². The first-order valence-electron chi connectivity index (χ1n) is 7.18. The lowest BCUT2D eigenvalue weighted by atomic mass is 10.0. The molecular weight excluding hydrogens is 294 g/mol. The van der Waals surface area contributed by atoms with Crippen LogP contribution in [0.15, 0.2) is 18.2 Å². The van der Waals surface area contributed by atoms with Crippen molar-refractivity contribution >= 4 is 11.3 Å². The number of hydrogen-bond donors (Lipinski definition) is 1. The summed E-state index contributed by atoms with van der Waals surface area (Å²) in [5.74, 6) is 0. The van der Waals surface area contributed by atoms with E-state index in [4.69, 9.17) is 5.73 Å². The minimum absolute atomic E-state index is 0.353. The zero-order valence-corrected chi connectivity index (χ0v) is 14.0. The van der Waals surface area contributed by atoms with Gasteiger partial charge in [0.2, 0.25) is 5.13 Å². The van der Waals surface area contributed by atoms with Crippen molar-refractivity contribution < 1.29 is 0 Å². The maximum Gasteiger partial charge on any atom is 0.212 e. The number of nitrogens with two attached hydrogens (primary N) is 1. The average molecular weight is 313 g/mol. The molecule has 114 valence electrons. The monoisotopic (exact) mass is 313 g/mol. The lowest BCUT2D eigenvalue weighted by Crippen LogP contribution is -2.03. The Morgan fingerprint density at radius 1 is 1.14 bits per heavy atom. The van der Waals surface area contributed by atoms with Crippen molar-refractivity contribution in [2.75, 3.05) is 0 Å². The van der Waals surface area contributed by atoms with Gasteiger partial charge in [-0.25, -0.2) is 4.98 Å². The Morgan fingerprint density at radius 3 is 2.50 bits per heavy atom. The maximum atomic E-state index is 5.85. The second-order valence-corrected chi connectivity index (χ2v) is 6.62. The summed E-state index contributed by atoms with van der Waals surface area (Å²) < 4.78 is 1.80. The zero-order chi connectivity index (χ0) is 15.9. The molecule has 22 heavy (non-hydrogen) atoms. The third-order valence-electron chi connectivity index (χ3n) is 3.91. The van der Waals surface area contributed by atoms with Gasteiger partial charge in [-0.3, -0.25) is 0 Å². The summed E-state index contributed by atoms with van der Waals surface area (Å²) in [5.41, 5.74) is 12.2. The SMILES string of the molecule is Cc1ccc(-c2c(CN)nnn2-c2nc(C)c(C)s2)cc1C. The fourth-order valence-corrected chi connectivity index (χ4v) is 3.17. The van der Waals surface area contributed by atoms with Crippen molar-refractivity contribution in [3.05, 3.63) is 45.6 Å². The summed E-state index contributed by atoms with van der Waals surface area (Å²) in [6.45, 7) is 8.63. The van der Waals surface area contributed by atoms with Crippen LogP contribution >= 0.6 is 11.3 Å². The molecule has 2 aromatic heterocycles. The van der Waals surface area contributed by atoms with Crippen LogP contribution < -0.4 is 5.73 Å². The number of hydrogen-bond acceptors (Lipinski definition) is 5. The molecule has 0 aliphatic carbocycles. The minimum atomic E-state index is 0.353. The van der Waals surface area contributed by atoms with Crippen molar-refractivity contribution in [2.45, 2.75) is 34.2 Å². The predicted molar refractivity (Wildman–Crippen MR) is 89.3 cm³/mol. The molecular formula is C16H19N5S. The van der Waals surface area contributed by atoms with Crippen LogP contribution in [0.4, 0.5) is 0 Å². The molecule has 0 atom stereocenters. The fourth-order valence-electron chi connectivity index (χ4n) is 2.31. The van der Waals surface area contributed by atoms with Crippen LogP contribution in [0.2, 0.25) is 0 Å². The first-order chi connectivity index (χ1) is 10.5. The third-order valence-corrected chi connectivity index (χ3v) is 4.96. The van der Waals surface area contributed by atoms with E-state index in [0.717, 1.165) is 27.8 Å². The summed E-state index contributed by atoms with van der Waals surface area (Å²) in [5, 5.41) is 9.34. The molecule has 1 aromatic carbocycles. The molecule has 3 rings (SSSR count). The largest absolute Gasteiger partial charge is 0.325 e. The van der Waals surface area contributed by atoms with Gasteiger partial charge in [0.1, 0.15) is 11.4 Å². The first kappa shape index (κ1) is 14.9. The molecule has 0 saturated heterocycles. The molecule has 0 spiro atoms. The average Bonchev–Trinajstić information content (AvgIpc) is 3.06. The van der Waals surface area contributed by atoms with Crippen molar-refractivity contribution in [3.63, 3.8) is 0 Å². The maximum absolute atomic E-state index is 5.85. The van der Waals surface area contributed by atoms with Gasteiger partial charge >= 0.3 is 0 Å². The van der Waals surface area contributed by atoms with Gasteiger partial charge in [0.25, 0.3) is 0 Å². The van der Waals surface area contributed by atoms with Gasteiger partial charge in [0.15, 0.2) is 0 Å². The van der Waals surface area contributed by atoms with E-state index in [1.165, 1.54) is 16.0 Å². The zero-order valence-electron chi connectivity index (χ0n) is 13.2. The molecule has 0 aliphatic heterocycles. The molecule has 0 bridgehead atoms. The highest BCUT2D eigenvalue weighted by Crippen LogP contribution is 2.29. The van der Waals surface area contributed by atoms with E-state index in [1.54, 1.807) is 16.0 Å². The van der Waals surface area contributed by atoms with Crippen LogP contribution in [0.25, 0.3) is 16.4 Å². The van der Waals surface area contributed by atoms with E-state index < -0.39 is 0 Å². The van der Waals surface area contributed by atoms with E-state index in [0.29, 0.717) is 6.54 Å². The van der Waals surface area contributed by atoms with Gasteiger partial charge in [-0.05, 0) is 44.9 Å². The van der Waals surface area contributed by atoms with Crippen molar-refractivity contribution in [1.82, 2.24) is 20.0 Å². The van der Waals surface area contributed by atoms with E-state index in [1.807, 2.05) is 6.92 Å². The lowest BCUT2D eigenvalue weighted by molar-refractivity contribution is 0.792. The van der Waals surface area contributed by atoms with Crippen molar-refractivity contribution in [3.8, 4) is 16.4 Å². The normalized spacial score (nSPS) is 11.1. The number of thiazole rings is 1. The summed E-state index contributed by atoms with van der Waals surface area (Å²) >= 11 is 1.62. The fraction of sp³-hybridized carbons (Fsp3) is 0.312. The molecule has 0 amide bonds. The molecule has 2 N–H and O–H groups in total. The molecule has 3 aromatic rings. The summed E-state index contributed by atoms with van der Waals surface area (Å²) in [6.07, 6.45) is 0. The number of nitrogens with zero attached hydrogens (tertiary/aromatic N) is 4. The minimum Gasteiger partial charge on any atom is -0.325 e. The summed E-state index contributed by atoms with van der Waals surface area (Å²) in [7, 11) is 0. The topological polar surface area (TPSA) is 69.6 Å². The predicted octanol–water partition coefficient (Wildman–Crippen LogP) is 3.08. The van der Waals surface area contributed by atoms with Gasteiger partial charge in [-0.15, -0.1) is 5.10 Å². The molecule has 2 heterocycles. The highest BCUT2D eigenvalue weighted by Gasteiger charge is 2.18. The quantitative estimate of drug-likeness (QED) is 0.806. The number of benzene rings is 1. The van der Waals surface area contributed by atoms with Gasteiger partial charge in [0.05, 0.1) is 5.69 Å². The van der Waals surface area contributed by atoms with Gasteiger partial charge < -0.3 is 5.73 Å². The van der Waals surface area contributed by atoms with Crippen LogP contribution in [-0.4, -0.2) is 20.0 Å². The van der Waals surface area contributed by atoms with Gasteiger partial charge in [-0.1, -0.05) is 28.7 Å². The molecule has 6 heteroatoms. The smallest absolute Gasteiger partial charge is 0.212 e. The van der Waals surface area contributed by atoms with Crippen LogP contribution in [0, 0.1) is 27.7 Å². The second-order valence-electron chi connectivity index (χ2n) is 5.44. The number of aromatic nitrogens is 4. The summed E-state index contributed by atoms with van der Waals surface area (Å²) in [6, 6.07) is 6.35. The van der Waals surface area contributed by atoms with Gasteiger partial charge in [0, 0.05) is 17.0 Å². The van der Waals surface area contributed by atoms with Crippen LogP contribution in [0.3, 0.4) is 0 Å². The van der Waals surface area contributed by atoms with E-state index in [9.17, 15) is 0 Å². The number of rotatable bonds is 3. The summed E-state index contributed by atoms with van der Waals surface area (Å²) in [4.78, 5) is 5.78. The van der Waals surface area contributed by atoms with E-state index in [-0.39, 0.29) is 0 Å². The van der Waals surface area contributed by atoms with Crippen molar-refractivity contribution in [1.29, 1.82) is 0 Å². The Balaban J connectivity index is 2.21. The van der Waals surface area contributed by atoms with Gasteiger partial charge in [-0.2, -0.15) is 4.68 Å². The second kappa shape index (κ2) is 5.62. The van der Waals surface area contributed by atoms with E-state index >= 15 is 0 Å². The molecule has 5 nitrogen and oxygen atoms in total. The highest BCUT2D eigenvalue weighted by atomic mass is 32.1. The van der Waals surface area contributed by atoms with Crippen LogP contribution in [0.5, 0.6) is 0 Å². The Labute approximate surface area is 133 Å². The Bertz CT molecular complexity index is 812. The Morgan fingerprint density at radius 2 is 1.91 bits per heavy atom. The third kappa shape index (κ3) is 2.44. The first-order valence-corrected chi connectivity index (χ1v) is 7.99. The van der Waals surface area contributed by atoms with Crippen LogP contribution in [-0.2, 0) is 6.54 Å². The molecule has 0 radical (unpaired) electrons. The standard InChI is InChI=1S/C16H19N5S/c1-9-5-6-13(7-10(9)2)15-14(8-17)19-20-21(15)16-18-11(3)12(4)22-16/h5-7H,8,17H2,1-4H3. The Kier molecular flexibility index (Phi) is 3.80. The number of aryl methyl sites for hydroxylation is 4. The van der Waals surface area contributed by atoms with E-state index in [2.05, 4.69) is 54.3 Å².